The van der Waals surface area contributed by atoms with E-state index in [2.05, 4.69) is 5.09 Å². The largest absolute Gasteiger partial charge is 0.406 e. The van der Waals surface area contributed by atoms with Crippen LogP contribution in [-0.2, 0) is 13.6 Å². The molecule has 0 unspecified atom stereocenters. The molecule has 1 N–H and O–H groups in total. The summed E-state index contributed by atoms with van der Waals surface area (Å²) in [4.78, 5) is 0. The van der Waals surface area contributed by atoms with Crippen LogP contribution >= 0.6 is 7.75 Å². The Bertz CT molecular complexity index is 554. The topological polar surface area (TPSA) is 47.6 Å². The van der Waals surface area contributed by atoms with Crippen molar-refractivity contribution in [2.24, 2.45) is 0 Å². The van der Waals surface area contributed by atoms with Gasteiger partial charge in [0.05, 0.1) is 19.3 Å². The zero-order valence-corrected chi connectivity index (χ0v) is 13.8. The van der Waals surface area contributed by atoms with Crippen LogP contribution in [0.25, 0.3) is 0 Å². The van der Waals surface area contributed by atoms with E-state index in [4.69, 9.17) is 9.05 Å². The molecule has 2 rings (SSSR count). The van der Waals surface area contributed by atoms with Gasteiger partial charge in [0, 0.05) is 0 Å². The summed E-state index contributed by atoms with van der Waals surface area (Å²) in [7, 11) is -3.36. The van der Waals surface area contributed by atoms with Crippen LogP contribution in [0.1, 0.15) is 31.0 Å². The average molecular weight is 319 g/mol. The van der Waals surface area contributed by atoms with Gasteiger partial charge in [0.2, 0.25) is 0 Å². The van der Waals surface area contributed by atoms with Crippen molar-refractivity contribution in [3.63, 3.8) is 0 Å². The lowest BCUT2D eigenvalue weighted by Crippen LogP contribution is -2.22. The van der Waals surface area contributed by atoms with Crippen LogP contribution in [0.2, 0.25) is 0 Å². The first-order chi connectivity index (χ1) is 10.7. The normalized spacial score (nSPS) is 11.8. The lowest BCUT2D eigenvalue weighted by atomic mass is 10.00. The molecule has 0 aliphatic carbocycles. The van der Waals surface area contributed by atoms with Crippen LogP contribution in [0.3, 0.4) is 0 Å². The van der Waals surface area contributed by atoms with Gasteiger partial charge >= 0.3 is 7.75 Å². The van der Waals surface area contributed by atoms with Gasteiger partial charge in [0.1, 0.15) is 0 Å². The van der Waals surface area contributed by atoms with Crippen LogP contribution < -0.4 is 5.09 Å². The number of benzene rings is 2. The second kappa shape index (κ2) is 8.25. The van der Waals surface area contributed by atoms with E-state index < -0.39 is 7.75 Å². The molecule has 0 spiro atoms. The van der Waals surface area contributed by atoms with Crippen molar-refractivity contribution < 1.29 is 13.6 Å². The fraction of sp³-hybridized carbons (Fsp3) is 0.294. The van der Waals surface area contributed by atoms with Gasteiger partial charge in [-0.15, -0.1) is 0 Å². The highest BCUT2D eigenvalue weighted by molar-refractivity contribution is 7.51. The quantitative estimate of drug-likeness (QED) is 0.725. The summed E-state index contributed by atoms with van der Waals surface area (Å²) < 4.78 is 23.5. The first-order valence-electron chi connectivity index (χ1n) is 7.45. The second-order valence-electron chi connectivity index (χ2n) is 4.72. The van der Waals surface area contributed by atoms with E-state index in [-0.39, 0.29) is 6.04 Å². The van der Waals surface area contributed by atoms with E-state index in [0.29, 0.717) is 13.2 Å². The molecule has 0 heterocycles. The van der Waals surface area contributed by atoms with Gasteiger partial charge < -0.3 is 0 Å². The van der Waals surface area contributed by atoms with E-state index in [9.17, 15) is 4.57 Å². The summed E-state index contributed by atoms with van der Waals surface area (Å²) >= 11 is 0. The van der Waals surface area contributed by atoms with Gasteiger partial charge in [-0.3, -0.25) is 9.05 Å². The van der Waals surface area contributed by atoms with Crippen LogP contribution in [-0.4, -0.2) is 13.2 Å². The molecule has 0 amide bonds. The smallest absolute Gasteiger partial charge is 0.297 e. The van der Waals surface area contributed by atoms with Gasteiger partial charge in [0.25, 0.3) is 0 Å². The molecule has 0 saturated heterocycles. The van der Waals surface area contributed by atoms with Gasteiger partial charge in [-0.05, 0) is 25.0 Å². The lowest BCUT2D eigenvalue weighted by Gasteiger charge is -2.25. The molecule has 0 radical (unpaired) electrons. The Hall–Kier alpha value is -1.45. The van der Waals surface area contributed by atoms with Crippen molar-refractivity contribution in [2.45, 2.75) is 19.9 Å². The van der Waals surface area contributed by atoms with Gasteiger partial charge in [-0.2, -0.15) is 0 Å². The average Bonchev–Trinajstić information content (AvgIpc) is 2.55. The summed E-state index contributed by atoms with van der Waals surface area (Å²) in [5.74, 6) is 0. The van der Waals surface area contributed by atoms with Gasteiger partial charge in [-0.25, -0.2) is 9.65 Å². The predicted molar refractivity (Wildman–Crippen MR) is 88.7 cm³/mol. The number of hydrogen-bond acceptors (Lipinski definition) is 3. The first kappa shape index (κ1) is 16.9. The molecular weight excluding hydrogens is 297 g/mol. The van der Waals surface area contributed by atoms with Crippen molar-refractivity contribution in [1.29, 1.82) is 0 Å². The molecule has 4 nitrogen and oxygen atoms in total. The van der Waals surface area contributed by atoms with Crippen molar-refractivity contribution in [3.05, 3.63) is 71.8 Å². The predicted octanol–water partition coefficient (Wildman–Crippen LogP) is 4.55. The molecule has 0 atom stereocenters. The molecular formula is C17H22NO3P. The summed E-state index contributed by atoms with van der Waals surface area (Å²) in [6.45, 7) is 4.24. The Morgan fingerprint density at radius 3 is 1.64 bits per heavy atom. The lowest BCUT2D eigenvalue weighted by molar-refractivity contribution is 0.208. The molecule has 22 heavy (non-hydrogen) atoms. The minimum absolute atomic E-state index is 0.258. The number of nitrogens with one attached hydrogen (secondary N) is 1. The molecule has 0 fully saturated rings. The Morgan fingerprint density at radius 2 is 1.27 bits per heavy atom. The third-order valence-corrected chi connectivity index (χ3v) is 4.92. The van der Waals surface area contributed by atoms with E-state index in [0.717, 1.165) is 11.1 Å². The van der Waals surface area contributed by atoms with Gasteiger partial charge in [0.15, 0.2) is 0 Å². The third kappa shape index (κ3) is 4.52. The first-order valence-corrected chi connectivity index (χ1v) is 8.99. The molecule has 2 aromatic carbocycles. The maximum atomic E-state index is 12.8. The van der Waals surface area contributed by atoms with Crippen molar-refractivity contribution in [1.82, 2.24) is 5.09 Å². The summed E-state index contributed by atoms with van der Waals surface area (Å²) in [5, 5.41) is 3.08. The maximum absolute atomic E-state index is 12.8. The summed E-state index contributed by atoms with van der Waals surface area (Å²) in [5.41, 5.74) is 2.02. The molecule has 0 bridgehead atoms. The summed E-state index contributed by atoms with van der Waals surface area (Å²) in [6.07, 6.45) is 0. The zero-order valence-electron chi connectivity index (χ0n) is 12.9. The molecule has 0 aliphatic heterocycles. The van der Waals surface area contributed by atoms with Crippen LogP contribution in [0.15, 0.2) is 60.7 Å². The standard InChI is InChI=1S/C17H22NO3P/c1-3-20-22(19,21-4-2)18-17(15-11-7-5-8-12-15)16-13-9-6-10-14-16/h5-14,17H,3-4H2,1-2H3,(H,18,19). The van der Waals surface area contributed by atoms with Crippen LogP contribution in [0, 0.1) is 0 Å². The monoisotopic (exact) mass is 319 g/mol. The van der Waals surface area contributed by atoms with Crippen LogP contribution in [0.4, 0.5) is 0 Å². The highest BCUT2D eigenvalue weighted by atomic mass is 31.2. The fourth-order valence-corrected chi connectivity index (χ4v) is 3.76. The van der Waals surface area contributed by atoms with Crippen molar-refractivity contribution in [2.75, 3.05) is 13.2 Å². The molecule has 118 valence electrons. The maximum Gasteiger partial charge on any atom is 0.406 e. The Labute approximate surface area is 132 Å². The third-order valence-electron chi connectivity index (χ3n) is 3.15. The minimum Gasteiger partial charge on any atom is -0.297 e. The van der Waals surface area contributed by atoms with Crippen molar-refractivity contribution >= 4 is 7.75 Å². The second-order valence-corrected chi connectivity index (χ2v) is 6.49. The zero-order chi connectivity index (χ0) is 15.8. The molecule has 5 heteroatoms. The van der Waals surface area contributed by atoms with Crippen LogP contribution in [0.5, 0.6) is 0 Å². The summed E-state index contributed by atoms with van der Waals surface area (Å²) in [6, 6.07) is 19.5. The van der Waals surface area contributed by atoms with E-state index in [1.165, 1.54) is 0 Å². The Kier molecular flexibility index (Phi) is 6.34. The Morgan fingerprint density at radius 1 is 0.864 bits per heavy atom. The van der Waals surface area contributed by atoms with E-state index >= 15 is 0 Å². The van der Waals surface area contributed by atoms with Crippen molar-refractivity contribution in [3.8, 4) is 0 Å². The molecule has 0 aliphatic rings. The van der Waals surface area contributed by atoms with E-state index in [1.54, 1.807) is 13.8 Å². The molecule has 2 aromatic rings. The molecule has 0 saturated carbocycles. The molecule has 0 aromatic heterocycles. The fourth-order valence-electron chi connectivity index (χ4n) is 2.24. The Balaban J connectivity index is 2.35. The van der Waals surface area contributed by atoms with Gasteiger partial charge in [-0.1, -0.05) is 60.7 Å². The SMILES string of the molecule is CCOP(=O)(NC(c1ccccc1)c1ccccc1)OCC. The van der Waals surface area contributed by atoms with E-state index in [1.807, 2.05) is 60.7 Å². The minimum atomic E-state index is -3.36. The highest BCUT2D eigenvalue weighted by Crippen LogP contribution is 2.47. The highest BCUT2D eigenvalue weighted by Gasteiger charge is 2.29. The number of hydrogen-bond donors (Lipinski definition) is 1. The number of rotatable bonds is 8.